The van der Waals surface area contributed by atoms with Gasteiger partial charge in [-0.05, 0) is 19.9 Å². The first-order valence-electron chi connectivity index (χ1n) is 6.36. The average molecular weight is 243 g/mol. The summed E-state index contributed by atoms with van der Waals surface area (Å²) < 4.78 is 11.8. The van der Waals surface area contributed by atoms with E-state index >= 15 is 0 Å². The van der Waals surface area contributed by atoms with Gasteiger partial charge in [-0.3, -0.25) is 4.79 Å². The Labute approximate surface area is 101 Å². The molecule has 2 N–H and O–H groups in total. The summed E-state index contributed by atoms with van der Waals surface area (Å²) in [7, 11) is 1.77. The fourth-order valence-corrected chi connectivity index (χ4v) is 2.74. The van der Waals surface area contributed by atoms with Crippen molar-refractivity contribution in [3.8, 4) is 0 Å². The van der Waals surface area contributed by atoms with Gasteiger partial charge in [-0.15, -0.1) is 0 Å². The van der Waals surface area contributed by atoms with Gasteiger partial charge in [0.15, 0.2) is 5.79 Å². The van der Waals surface area contributed by atoms with Crippen molar-refractivity contribution < 1.29 is 19.4 Å². The number of rotatable bonds is 4. The van der Waals surface area contributed by atoms with Crippen LogP contribution in [0.15, 0.2) is 0 Å². The molecule has 0 amide bonds. The van der Waals surface area contributed by atoms with Gasteiger partial charge in [0.05, 0.1) is 13.0 Å². The van der Waals surface area contributed by atoms with Crippen LogP contribution in [0, 0.1) is 0 Å². The molecule has 1 saturated heterocycles. The van der Waals surface area contributed by atoms with Gasteiger partial charge in [-0.1, -0.05) is 6.42 Å². The predicted molar refractivity (Wildman–Crippen MR) is 61.7 cm³/mol. The van der Waals surface area contributed by atoms with Crippen LogP contribution < -0.4 is 5.32 Å². The van der Waals surface area contributed by atoms with E-state index in [0.29, 0.717) is 6.61 Å². The lowest BCUT2D eigenvalue weighted by Crippen LogP contribution is -2.42. The van der Waals surface area contributed by atoms with Crippen molar-refractivity contribution in [2.45, 2.75) is 56.5 Å². The summed E-state index contributed by atoms with van der Waals surface area (Å²) in [4.78, 5) is 10.8. The molecule has 2 atom stereocenters. The first-order chi connectivity index (χ1) is 8.15. The van der Waals surface area contributed by atoms with Gasteiger partial charge < -0.3 is 19.9 Å². The summed E-state index contributed by atoms with van der Waals surface area (Å²) in [5.74, 6) is -1.23. The van der Waals surface area contributed by atoms with E-state index in [1.165, 1.54) is 6.42 Å². The Bertz CT molecular complexity index is 276. The van der Waals surface area contributed by atoms with Crippen LogP contribution in [0.5, 0.6) is 0 Å². The molecule has 17 heavy (non-hydrogen) atoms. The van der Waals surface area contributed by atoms with E-state index in [2.05, 4.69) is 5.32 Å². The third-order valence-corrected chi connectivity index (χ3v) is 3.71. The largest absolute Gasteiger partial charge is 0.481 e. The average Bonchev–Trinajstić information content (AvgIpc) is 2.71. The number of carbonyl (C=O) groups is 1. The molecule has 0 radical (unpaired) electrons. The van der Waals surface area contributed by atoms with E-state index < -0.39 is 11.8 Å². The highest BCUT2D eigenvalue weighted by Crippen LogP contribution is 2.38. The Kier molecular flexibility index (Phi) is 4.01. The normalized spacial score (nSPS) is 29.4. The molecular formula is C12H21NO4. The summed E-state index contributed by atoms with van der Waals surface area (Å²) in [6, 6.07) is -0.172. The highest BCUT2D eigenvalue weighted by atomic mass is 16.7. The van der Waals surface area contributed by atoms with Gasteiger partial charge in [0.2, 0.25) is 0 Å². The molecule has 1 spiro atoms. The Morgan fingerprint density at radius 3 is 2.76 bits per heavy atom. The van der Waals surface area contributed by atoms with Crippen molar-refractivity contribution in [2.75, 3.05) is 13.7 Å². The molecule has 1 saturated carbocycles. The molecule has 2 aliphatic rings. The smallest absolute Gasteiger partial charge is 0.305 e. The van der Waals surface area contributed by atoms with Crippen LogP contribution >= 0.6 is 0 Å². The van der Waals surface area contributed by atoms with Gasteiger partial charge in [-0.2, -0.15) is 0 Å². The molecule has 0 unspecified atom stereocenters. The number of carboxylic acids is 1. The molecule has 1 heterocycles. The zero-order valence-corrected chi connectivity index (χ0v) is 10.3. The summed E-state index contributed by atoms with van der Waals surface area (Å²) in [6.07, 6.45) is 5.31. The SMILES string of the molecule is CN[C@@H](CC(=O)O)[C@H]1COC2(CCCCC2)O1. The maximum absolute atomic E-state index is 10.8. The topological polar surface area (TPSA) is 67.8 Å². The fourth-order valence-electron chi connectivity index (χ4n) is 2.74. The lowest BCUT2D eigenvalue weighted by molar-refractivity contribution is -0.190. The second-order valence-corrected chi connectivity index (χ2v) is 4.93. The Morgan fingerprint density at radius 1 is 1.47 bits per heavy atom. The van der Waals surface area contributed by atoms with Crippen molar-refractivity contribution in [3.05, 3.63) is 0 Å². The van der Waals surface area contributed by atoms with E-state index in [9.17, 15) is 4.79 Å². The molecule has 5 heteroatoms. The minimum atomic E-state index is -0.808. The maximum Gasteiger partial charge on any atom is 0.305 e. The third kappa shape index (κ3) is 2.97. The molecular weight excluding hydrogens is 222 g/mol. The van der Waals surface area contributed by atoms with E-state index in [1.807, 2.05) is 0 Å². The van der Waals surface area contributed by atoms with E-state index in [4.69, 9.17) is 14.6 Å². The minimum Gasteiger partial charge on any atom is -0.481 e. The molecule has 0 aromatic heterocycles. The highest BCUT2D eigenvalue weighted by molar-refractivity contribution is 5.67. The number of aliphatic carboxylic acids is 1. The van der Waals surface area contributed by atoms with Gasteiger partial charge >= 0.3 is 5.97 Å². The van der Waals surface area contributed by atoms with Gasteiger partial charge in [0.1, 0.15) is 6.10 Å². The van der Waals surface area contributed by atoms with Gasteiger partial charge in [0, 0.05) is 18.9 Å². The molecule has 0 aromatic rings. The molecule has 98 valence electrons. The molecule has 1 aliphatic carbocycles. The fraction of sp³-hybridized carbons (Fsp3) is 0.917. The molecule has 0 bridgehead atoms. The van der Waals surface area contributed by atoms with E-state index in [-0.39, 0.29) is 18.6 Å². The molecule has 5 nitrogen and oxygen atoms in total. The molecule has 2 fully saturated rings. The van der Waals surface area contributed by atoms with Crippen LogP contribution in [0.3, 0.4) is 0 Å². The summed E-state index contributed by atoms with van der Waals surface area (Å²) in [6.45, 7) is 0.499. The number of carboxylic acid groups (broad SMARTS) is 1. The second kappa shape index (κ2) is 5.33. The standard InChI is InChI=1S/C12H21NO4/c1-13-9(7-11(14)15)10-8-16-12(17-10)5-3-2-4-6-12/h9-10,13H,2-8H2,1H3,(H,14,15)/t9-,10+/m0/s1. The van der Waals surface area contributed by atoms with Crippen LogP contribution in [-0.2, 0) is 14.3 Å². The van der Waals surface area contributed by atoms with E-state index in [0.717, 1.165) is 25.7 Å². The molecule has 1 aliphatic heterocycles. The quantitative estimate of drug-likeness (QED) is 0.774. The third-order valence-electron chi connectivity index (χ3n) is 3.71. The minimum absolute atomic E-state index is 0.0700. The maximum atomic E-state index is 10.8. The predicted octanol–water partition coefficient (Wildman–Crippen LogP) is 1.12. The van der Waals surface area contributed by atoms with Crippen molar-refractivity contribution in [1.29, 1.82) is 0 Å². The Morgan fingerprint density at radius 2 is 2.18 bits per heavy atom. The van der Waals surface area contributed by atoms with Crippen molar-refractivity contribution in [2.24, 2.45) is 0 Å². The van der Waals surface area contributed by atoms with Crippen molar-refractivity contribution in [1.82, 2.24) is 5.32 Å². The zero-order valence-electron chi connectivity index (χ0n) is 10.3. The zero-order chi connectivity index (χ0) is 12.3. The Hall–Kier alpha value is -0.650. The monoisotopic (exact) mass is 243 g/mol. The van der Waals surface area contributed by atoms with Crippen LogP contribution in [-0.4, -0.2) is 42.7 Å². The second-order valence-electron chi connectivity index (χ2n) is 4.93. The summed E-state index contributed by atoms with van der Waals surface area (Å²) in [5, 5.41) is 11.9. The summed E-state index contributed by atoms with van der Waals surface area (Å²) in [5.41, 5.74) is 0. The van der Waals surface area contributed by atoms with Gasteiger partial charge in [-0.25, -0.2) is 0 Å². The van der Waals surface area contributed by atoms with Crippen LogP contribution in [0.25, 0.3) is 0 Å². The van der Waals surface area contributed by atoms with Crippen molar-refractivity contribution in [3.63, 3.8) is 0 Å². The molecule has 0 aromatic carbocycles. The summed E-state index contributed by atoms with van der Waals surface area (Å²) >= 11 is 0. The number of hydrogen-bond donors (Lipinski definition) is 2. The first-order valence-corrected chi connectivity index (χ1v) is 6.36. The molecule has 2 rings (SSSR count). The van der Waals surface area contributed by atoms with Crippen LogP contribution in [0.1, 0.15) is 38.5 Å². The van der Waals surface area contributed by atoms with Crippen LogP contribution in [0.4, 0.5) is 0 Å². The highest BCUT2D eigenvalue weighted by Gasteiger charge is 2.44. The first kappa shape index (κ1) is 12.8. The lowest BCUT2D eigenvalue weighted by Gasteiger charge is -2.32. The number of hydrogen-bond acceptors (Lipinski definition) is 4. The van der Waals surface area contributed by atoms with Gasteiger partial charge in [0.25, 0.3) is 0 Å². The van der Waals surface area contributed by atoms with Crippen LogP contribution in [0.2, 0.25) is 0 Å². The number of nitrogens with one attached hydrogen (secondary N) is 1. The number of likely N-dealkylation sites (N-methyl/N-ethyl adjacent to an activating group) is 1. The van der Waals surface area contributed by atoms with E-state index in [1.54, 1.807) is 7.05 Å². The Balaban J connectivity index is 1.93. The lowest BCUT2D eigenvalue weighted by atomic mass is 9.94. The van der Waals surface area contributed by atoms with Crippen molar-refractivity contribution >= 4 is 5.97 Å². The number of ether oxygens (including phenoxy) is 2.